The van der Waals surface area contributed by atoms with Crippen molar-refractivity contribution < 1.29 is 19.2 Å². The van der Waals surface area contributed by atoms with Crippen LogP contribution in [-0.4, -0.2) is 34.9 Å². The molecule has 1 saturated carbocycles. The number of hydrogen-bond acceptors (Lipinski definition) is 5. The number of amides is 4. The number of allylic oxidation sites excluding steroid dienone is 2. The molecule has 0 N–H and O–H groups in total. The van der Waals surface area contributed by atoms with Crippen molar-refractivity contribution in [3.8, 4) is 0 Å². The number of halogens is 1. The summed E-state index contributed by atoms with van der Waals surface area (Å²) in [4.78, 5) is 57.4. The van der Waals surface area contributed by atoms with Crippen LogP contribution in [0.2, 0.25) is 5.02 Å². The van der Waals surface area contributed by atoms with Crippen LogP contribution in [0, 0.1) is 42.4 Å². The smallest absolute Gasteiger partial charge is 0.254 e. The van der Waals surface area contributed by atoms with Crippen LogP contribution in [0.3, 0.4) is 0 Å². The van der Waals surface area contributed by atoms with Gasteiger partial charge < -0.3 is 0 Å². The molecule has 8 heteroatoms. The number of hydrogen-bond donors (Lipinski definition) is 0. The van der Waals surface area contributed by atoms with Crippen molar-refractivity contribution >= 4 is 47.1 Å². The van der Waals surface area contributed by atoms with E-state index in [1.54, 1.807) is 24.4 Å². The standard InChI is InChI=1S/C35H26ClN3O4/c1-17-10-13-20(15-25(17)36)38-31(40)29-28-21-6-2-4-8-23(21)35(30(29)34(38)43,24-9-5-3-7-22(24)28)16-37-39-32(41)26-18-11-12-19(14-18)27(26)33(39)42/h2-13,15-16,18-19,26-30H,14H2,1H3/b37-16-/t18-,19-,26-,27+,28?,29+,30+,35?/m0/s1. The molecule has 3 fully saturated rings. The highest BCUT2D eigenvalue weighted by Crippen LogP contribution is 2.64. The summed E-state index contributed by atoms with van der Waals surface area (Å²) >= 11 is 6.45. The van der Waals surface area contributed by atoms with E-state index in [0.717, 1.165) is 39.2 Å². The van der Waals surface area contributed by atoms with Gasteiger partial charge >= 0.3 is 0 Å². The lowest BCUT2D eigenvalue weighted by atomic mass is 9.47. The van der Waals surface area contributed by atoms with Gasteiger partial charge in [-0.3, -0.25) is 19.2 Å². The van der Waals surface area contributed by atoms with Crippen LogP contribution in [0.15, 0.2) is 84.0 Å². The second-order valence-electron chi connectivity index (χ2n) is 12.7. The van der Waals surface area contributed by atoms with Crippen molar-refractivity contribution in [2.45, 2.75) is 24.7 Å². The zero-order valence-electron chi connectivity index (χ0n) is 23.2. The summed E-state index contributed by atoms with van der Waals surface area (Å²) < 4.78 is 0. The van der Waals surface area contributed by atoms with Gasteiger partial charge in [-0.2, -0.15) is 10.1 Å². The van der Waals surface area contributed by atoms with E-state index in [9.17, 15) is 19.2 Å². The fourth-order valence-corrected chi connectivity index (χ4v) is 9.35. The number of rotatable bonds is 3. The lowest BCUT2D eigenvalue weighted by Crippen LogP contribution is -2.55. The first-order chi connectivity index (χ1) is 20.8. The Hall–Kier alpha value is -4.36. The molecule has 5 aliphatic carbocycles. The molecule has 2 heterocycles. The van der Waals surface area contributed by atoms with Gasteiger partial charge in [0.25, 0.3) is 11.8 Å². The molecule has 0 unspecified atom stereocenters. The summed E-state index contributed by atoms with van der Waals surface area (Å²) in [6, 6.07) is 20.9. The molecular formula is C35H26ClN3O4. The highest BCUT2D eigenvalue weighted by Gasteiger charge is 2.68. The second-order valence-corrected chi connectivity index (χ2v) is 13.1. The third-order valence-corrected chi connectivity index (χ3v) is 11.3. The lowest BCUT2D eigenvalue weighted by molar-refractivity contribution is -0.140. The van der Waals surface area contributed by atoms with Gasteiger partial charge in [-0.25, -0.2) is 4.90 Å². The number of carbonyl (C=O) groups excluding carboxylic acids is 4. The van der Waals surface area contributed by atoms with Crippen LogP contribution in [-0.2, 0) is 24.6 Å². The van der Waals surface area contributed by atoms with Crippen LogP contribution in [0.1, 0.15) is 40.2 Å². The third-order valence-electron chi connectivity index (χ3n) is 10.9. The number of aryl methyl sites for hydroxylation is 1. The van der Waals surface area contributed by atoms with E-state index in [4.69, 9.17) is 11.6 Å². The Morgan fingerprint density at radius 1 is 0.791 bits per heavy atom. The van der Waals surface area contributed by atoms with Gasteiger partial charge in [-0.1, -0.05) is 78.4 Å². The van der Waals surface area contributed by atoms with Gasteiger partial charge in [0.05, 0.1) is 34.8 Å². The van der Waals surface area contributed by atoms with E-state index in [-0.39, 0.29) is 53.2 Å². The molecule has 6 atom stereocenters. The van der Waals surface area contributed by atoms with E-state index in [0.29, 0.717) is 10.7 Å². The van der Waals surface area contributed by atoms with E-state index in [1.165, 1.54) is 4.90 Å². The van der Waals surface area contributed by atoms with Crippen LogP contribution in [0.25, 0.3) is 0 Å². The van der Waals surface area contributed by atoms with Gasteiger partial charge in [0.2, 0.25) is 11.8 Å². The summed E-state index contributed by atoms with van der Waals surface area (Å²) in [6.07, 6.45) is 6.56. The molecule has 0 spiro atoms. The largest absolute Gasteiger partial charge is 0.274 e. The van der Waals surface area contributed by atoms with Crippen molar-refractivity contribution in [3.05, 3.63) is 112 Å². The maximum atomic E-state index is 14.6. The predicted octanol–water partition coefficient (Wildman–Crippen LogP) is 4.99. The van der Waals surface area contributed by atoms with Crippen molar-refractivity contribution in [1.29, 1.82) is 0 Å². The Kier molecular flexibility index (Phi) is 4.91. The molecule has 3 aromatic rings. The van der Waals surface area contributed by atoms with Gasteiger partial charge in [0.1, 0.15) is 0 Å². The zero-order chi connectivity index (χ0) is 29.4. The molecule has 4 amide bonds. The summed E-state index contributed by atoms with van der Waals surface area (Å²) in [6.45, 7) is 1.87. The van der Waals surface area contributed by atoms with Crippen molar-refractivity contribution in [1.82, 2.24) is 5.01 Å². The van der Waals surface area contributed by atoms with Crippen molar-refractivity contribution in [3.63, 3.8) is 0 Å². The minimum absolute atomic E-state index is 0.0599. The molecule has 7 nitrogen and oxygen atoms in total. The van der Waals surface area contributed by atoms with Crippen LogP contribution in [0.4, 0.5) is 5.69 Å². The highest BCUT2D eigenvalue weighted by molar-refractivity contribution is 6.32. The molecule has 43 heavy (non-hydrogen) atoms. The molecule has 0 radical (unpaired) electrons. The SMILES string of the molecule is Cc1ccc(N2C(=O)[C@@H]3C4c5ccccc5C(/C=N\N5C(=O)[C@@H]6[C@H](C5=O)[C@H]5C=C[C@H]6C5)(c5ccccc54)[C@H]3C2=O)cc1Cl. The minimum Gasteiger partial charge on any atom is -0.274 e. The van der Waals surface area contributed by atoms with Crippen LogP contribution < -0.4 is 4.90 Å². The quantitative estimate of drug-likeness (QED) is 0.245. The fraction of sp³-hybridized carbons (Fsp3) is 0.286. The molecule has 7 aliphatic rings. The van der Waals surface area contributed by atoms with Gasteiger partial charge in [0, 0.05) is 17.2 Å². The van der Waals surface area contributed by atoms with Gasteiger partial charge in [0.15, 0.2) is 0 Å². The maximum absolute atomic E-state index is 14.6. The van der Waals surface area contributed by atoms with E-state index in [2.05, 4.69) is 17.3 Å². The highest BCUT2D eigenvalue weighted by atomic mass is 35.5. The topological polar surface area (TPSA) is 87.1 Å². The summed E-state index contributed by atoms with van der Waals surface area (Å²) in [5, 5.41) is 6.18. The molecule has 2 aliphatic heterocycles. The number of nitrogens with zero attached hydrogens (tertiary/aromatic N) is 3. The molecule has 3 aromatic carbocycles. The number of anilines is 1. The Morgan fingerprint density at radius 2 is 1.40 bits per heavy atom. The first-order valence-electron chi connectivity index (χ1n) is 14.8. The second kappa shape index (κ2) is 8.38. The van der Waals surface area contributed by atoms with E-state index in [1.807, 2.05) is 55.5 Å². The number of imide groups is 2. The van der Waals surface area contributed by atoms with Gasteiger partial charge in [-0.05, 0) is 65.1 Å². The molecule has 212 valence electrons. The maximum Gasteiger partial charge on any atom is 0.254 e. The zero-order valence-corrected chi connectivity index (χ0v) is 23.9. The Bertz CT molecular complexity index is 1820. The molecule has 4 bridgehead atoms. The van der Waals surface area contributed by atoms with E-state index >= 15 is 0 Å². The Labute approximate surface area is 252 Å². The molecular weight excluding hydrogens is 562 g/mol. The third kappa shape index (κ3) is 2.93. The van der Waals surface area contributed by atoms with Crippen LogP contribution in [0.5, 0.6) is 0 Å². The Morgan fingerprint density at radius 3 is 2.00 bits per heavy atom. The summed E-state index contributed by atoms with van der Waals surface area (Å²) in [7, 11) is 0. The fourth-order valence-electron chi connectivity index (χ4n) is 9.17. The summed E-state index contributed by atoms with van der Waals surface area (Å²) in [5.41, 5.74) is 3.76. The first kappa shape index (κ1) is 25.2. The van der Waals surface area contributed by atoms with Gasteiger partial charge in [-0.15, -0.1) is 0 Å². The van der Waals surface area contributed by atoms with Crippen molar-refractivity contribution in [2.24, 2.45) is 40.6 Å². The Balaban J connectivity index is 1.24. The number of carbonyl (C=O) groups is 4. The first-order valence-corrected chi connectivity index (χ1v) is 15.1. The average Bonchev–Trinajstić information content (AvgIpc) is 3.76. The van der Waals surface area contributed by atoms with Crippen LogP contribution >= 0.6 is 11.6 Å². The minimum atomic E-state index is -1.17. The predicted molar refractivity (Wildman–Crippen MR) is 159 cm³/mol. The monoisotopic (exact) mass is 587 g/mol. The van der Waals surface area contributed by atoms with Crippen molar-refractivity contribution in [2.75, 3.05) is 4.90 Å². The average molecular weight is 588 g/mol. The molecule has 10 rings (SSSR count). The number of hydrazone groups is 1. The molecule has 2 saturated heterocycles. The number of benzene rings is 3. The normalized spacial score (nSPS) is 34.4. The number of fused-ring (bicyclic) bond motifs is 5. The summed E-state index contributed by atoms with van der Waals surface area (Å²) in [5.74, 6) is -3.68. The van der Waals surface area contributed by atoms with E-state index < -0.39 is 17.3 Å². The molecule has 0 aromatic heterocycles. The lowest BCUT2D eigenvalue weighted by Gasteiger charge is -2.52.